The van der Waals surface area contributed by atoms with Crippen molar-refractivity contribution in [3.8, 4) is 0 Å². The Labute approximate surface area is 66.6 Å². The number of thioether (sulfide) groups is 1. The second-order valence-corrected chi connectivity index (χ2v) is 4.34. The molecule has 0 N–H and O–H groups in total. The first-order valence-corrected chi connectivity index (χ1v) is 4.96. The molecule has 1 unspecified atom stereocenters. The monoisotopic (exact) mass is 158 g/mol. The molecule has 0 amide bonds. The highest BCUT2D eigenvalue weighted by molar-refractivity contribution is 8.00. The number of hydrogen-bond acceptors (Lipinski definition) is 2. The predicted molar refractivity (Wildman–Crippen MR) is 45.3 cm³/mol. The number of rotatable bonds is 2. The average molecular weight is 158 g/mol. The number of ketones is 1. The molecule has 0 aromatic rings. The molecule has 10 heavy (non-hydrogen) atoms. The van der Waals surface area contributed by atoms with Gasteiger partial charge < -0.3 is 0 Å². The summed E-state index contributed by atoms with van der Waals surface area (Å²) in [6.07, 6.45) is 1.09. The summed E-state index contributed by atoms with van der Waals surface area (Å²) in [5.41, 5.74) is 0. The normalized spacial score (nSPS) is 26.3. The Hall–Kier alpha value is 0.0200. The Kier molecular flexibility index (Phi) is 2.78. The summed E-state index contributed by atoms with van der Waals surface area (Å²) in [6.45, 7) is 4.35. The molecule has 0 aliphatic carbocycles. The quantitative estimate of drug-likeness (QED) is 0.611. The van der Waals surface area contributed by atoms with Gasteiger partial charge in [0.05, 0.1) is 5.75 Å². The molecule has 1 aliphatic heterocycles. The van der Waals surface area contributed by atoms with Gasteiger partial charge >= 0.3 is 0 Å². The molecule has 1 saturated heterocycles. The third-order valence-corrected chi connectivity index (χ3v) is 2.90. The van der Waals surface area contributed by atoms with Crippen molar-refractivity contribution in [2.45, 2.75) is 20.3 Å². The minimum Gasteiger partial charge on any atom is -0.298 e. The topological polar surface area (TPSA) is 17.1 Å². The van der Waals surface area contributed by atoms with Gasteiger partial charge in [0.1, 0.15) is 5.78 Å². The second-order valence-electron chi connectivity index (χ2n) is 3.31. The van der Waals surface area contributed by atoms with E-state index in [0.717, 1.165) is 17.9 Å². The fourth-order valence-corrected chi connectivity index (χ4v) is 2.44. The zero-order chi connectivity index (χ0) is 7.56. The maximum Gasteiger partial charge on any atom is 0.146 e. The fourth-order valence-electron chi connectivity index (χ4n) is 1.28. The number of hydrogen-bond donors (Lipinski definition) is 0. The van der Waals surface area contributed by atoms with Crippen LogP contribution in [0.4, 0.5) is 0 Å². The van der Waals surface area contributed by atoms with Crippen molar-refractivity contribution in [3.05, 3.63) is 0 Å². The molecule has 1 nitrogen and oxygen atoms in total. The van der Waals surface area contributed by atoms with Gasteiger partial charge in [-0.05, 0) is 12.3 Å². The molecule has 1 rings (SSSR count). The Morgan fingerprint density at radius 1 is 1.70 bits per heavy atom. The molecule has 0 saturated carbocycles. The molecule has 0 bridgehead atoms. The van der Waals surface area contributed by atoms with Gasteiger partial charge in [-0.15, -0.1) is 0 Å². The first-order valence-electron chi connectivity index (χ1n) is 3.80. The van der Waals surface area contributed by atoms with Crippen molar-refractivity contribution in [2.24, 2.45) is 11.8 Å². The SMILES string of the molecule is CC(C)CC1CSCC1=O. The number of Topliss-reactive ketones (excluding diaryl/α,β-unsaturated/α-hetero) is 1. The number of carbonyl (C=O) groups excluding carboxylic acids is 1. The molecule has 0 radical (unpaired) electrons. The van der Waals surface area contributed by atoms with Crippen LogP contribution >= 0.6 is 11.8 Å². The Morgan fingerprint density at radius 3 is 2.80 bits per heavy atom. The van der Waals surface area contributed by atoms with Gasteiger partial charge in [0.25, 0.3) is 0 Å². The number of carbonyl (C=O) groups is 1. The van der Waals surface area contributed by atoms with Crippen LogP contribution < -0.4 is 0 Å². The Bertz CT molecular complexity index is 131. The summed E-state index contributed by atoms with van der Waals surface area (Å²) in [4.78, 5) is 11.1. The lowest BCUT2D eigenvalue weighted by Gasteiger charge is -2.08. The molecule has 2 heteroatoms. The van der Waals surface area contributed by atoms with E-state index in [0.29, 0.717) is 17.6 Å². The molecular weight excluding hydrogens is 144 g/mol. The highest BCUT2D eigenvalue weighted by Crippen LogP contribution is 2.25. The predicted octanol–water partition coefficient (Wildman–Crippen LogP) is 1.96. The average Bonchev–Trinajstić information content (AvgIpc) is 2.15. The zero-order valence-corrected chi connectivity index (χ0v) is 7.41. The van der Waals surface area contributed by atoms with Crippen molar-refractivity contribution < 1.29 is 4.79 Å². The summed E-state index contributed by atoms with van der Waals surface area (Å²) in [6, 6.07) is 0. The minimum atomic E-state index is 0.380. The smallest absolute Gasteiger partial charge is 0.146 e. The first-order chi connectivity index (χ1) is 4.70. The first kappa shape index (κ1) is 8.12. The lowest BCUT2D eigenvalue weighted by molar-refractivity contribution is -0.119. The van der Waals surface area contributed by atoms with E-state index in [1.807, 2.05) is 0 Å². The van der Waals surface area contributed by atoms with Crippen molar-refractivity contribution in [2.75, 3.05) is 11.5 Å². The van der Waals surface area contributed by atoms with Gasteiger partial charge in [0.15, 0.2) is 0 Å². The van der Waals surface area contributed by atoms with Gasteiger partial charge in [-0.2, -0.15) is 11.8 Å². The van der Waals surface area contributed by atoms with E-state index < -0.39 is 0 Å². The summed E-state index contributed by atoms with van der Waals surface area (Å²) in [5, 5.41) is 0. The van der Waals surface area contributed by atoms with Crippen molar-refractivity contribution in [3.63, 3.8) is 0 Å². The molecular formula is C8H14OS. The molecule has 1 fully saturated rings. The van der Waals surface area contributed by atoms with Crippen LogP contribution in [0, 0.1) is 11.8 Å². The lowest BCUT2D eigenvalue weighted by Crippen LogP contribution is -2.13. The maximum atomic E-state index is 11.1. The molecule has 1 heterocycles. The van der Waals surface area contributed by atoms with Crippen LogP contribution in [0.3, 0.4) is 0 Å². The summed E-state index contributed by atoms with van der Waals surface area (Å²) in [5.74, 6) is 3.35. The standard InChI is InChI=1S/C8H14OS/c1-6(2)3-7-4-10-5-8(7)9/h6-7H,3-5H2,1-2H3. The van der Waals surface area contributed by atoms with Crippen LogP contribution in [-0.4, -0.2) is 17.3 Å². The third kappa shape index (κ3) is 2.01. The van der Waals surface area contributed by atoms with Gasteiger partial charge in [0, 0.05) is 11.7 Å². The highest BCUT2D eigenvalue weighted by atomic mass is 32.2. The molecule has 1 aliphatic rings. The molecule has 1 atom stereocenters. The van der Waals surface area contributed by atoms with Crippen LogP contribution in [0.15, 0.2) is 0 Å². The van der Waals surface area contributed by atoms with Gasteiger partial charge in [-0.25, -0.2) is 0 Å². The lowest BCUT2D eigenvalue weighted by atomic mass is 9.96. The van der Waals surface area contributed by atoms with Crippen molar-refractivity contribution in [1.82, 2.24) is 0 Å². The van der Waals surface area contributed by atoms with E-state index in [2.05, 4.69) is 13.8 Å². The summed E-state index contributed by atoms with van der Waals surface area (Å²) >= 11 is 1.78. The van der Waals surface area contributed by atoms with Gasteiger partial charge in [-0.1, -0.05) is 13.8 Å². The van der Waals surface area contributed by atoms with E-state index in [1.165, 1.54) is 0 Å². The van der Waals surface area contributed by atoms with Gasteiger partial charge in [0.2, 0.25) is 0 Å². The van der Waals surface area contributed by atoms with Crippen LogP contribution in [0.25, 0.3) is 0 Å². The summed E-state index contributed by atoms with van der Waals surface area (Å²) < 4.78 is 0. The van der Waals surface area contributed by atoms with Crippen LogP contribution in [0.2, 0.25) is 0 Å². The largest absolute Gasteiger partial charge is 0.298 e. The zero-order valence-electron chi connectivity index (χ0n) is 6.59. The highest BCUT2D eigenvalue weighted by Gasteiger charge is 2.24. The second kappa shape index (κ2) is 3.42. The Balaban J connectivity index is 2.33. The van der Waals surface area contributed by atoms with Crippen molar-refractivity contribution >= 4 is 17.5 Å². The molecule has 0 aromatic heterocycles. The third-order valence-electron chi connectivity index (χ3n) is 1.77. The van der Waals surface area contributed by atoms with E-state index in [-0.39, 0.29) is 0 Å². The minimum absolute atomic E-state index is 0.380. The Morgan fingerprint density at radius 2 is 2.40 bits per heavy atom. The van der Waals surface area contributed by atoms with Crippen LogP contribution in [0.1, 0.15) is 20.3 Å². The maximum absolute atomic E-state index is 11.1. The molecule has 0 aromatic carbocycles. The van der Waals surface area contributed by atoms with Crippen LogP contribution in [0.5, 0.6) is 0 Å². The molecule has 58 valence electrons. The van der Waals surface area contributed by atoms with Crippen molar-refractivity contribution in [1.29, 1.82) is 0 Å². The van der Waals surface area contributed by atoms with E-state index in [4.69, 9.17) is 0 Å². The van der Waals surface area contributed by atoms with E-state index in [9.17, 15) is 4.79 Å². The summed E-state index contributed by atoms with van der Waals surface area (Å²) in [7, 11) is 0. The molecule has 0 spiro atoms. The van der Waals surface area contributed by atoms with E-state index >= 15 is 0 Å². The van der Waals surface area contributed by atoms with E-state index in [1.54, 1.807) is 11.8 Å². The fraction of sp³-hybridized carbons (Fsp3) is 0.875. The van der Waals surface area contributed by atoms with Gasteiger partial charge in [-0.3, -0.25) is 4.79 Å². The van der Waals surface area contributed by atoms with Crippen LogP contribution in [-0.2, 0) is 4.79 Å².